The summed E-state index contributed by atoms with van der Waals surface area (Å²) < 4.78 is 13.6. The van der Waals surface area contributed by atoms with Crippen molar-refractivity contribution in [3.05, 3.63) is 106 Å². The zero-order valence-electron chi connectivity index (χ0n) is 19.2. The molecule has 0 bridgehead atoms. The van der Waals surface area contributed by atoms with Crippen molar-refractivity contribution in [3.63, 3.8) is 0 Å². The van der Waals surface area contributed by atoms with E-state index in [9.17, 15) is 14.3 Å². The quantitative estimate of drug-likeness (QED) is 0.494. The van der Waals surface area contributed by atoms with Crippen LogP contribution in [0.2, 0.25) is 5.02 Å². The maximum absolute atomic E-state index is 13.6. The minimum Gasteiger partial charge on any atom is -0.378 e. The van der Waals surface area contributed by atoms with Crippen molar-refractivity contribution < 1.29 is 14.3 Å². The molecular weight excluding hydrogens is 467 g/mol. The van der Waals surface area contributed by atoms with Gasteiger partial charge in [0.05, 0.1) is 12.2 Å². The van der Waals surface area contributed by atoms with Crippen LogP contribution in [0.4, 0.5) is 10.1 Å². The van der Waals surface area contributed by atoms with Gasteiger partial charge in [-0.2, -0.15) is 0 Å². The van der Waals surface area contributed by atoms with Gasteiger partial charge in [-0.3, -0.25) is 4.79 Å². The van der Waals surface area contributed by atoms with Gasteiger partial charge in [-0.05, 0) is 61.0 Å². The molecule has 0 aliphatic carbocycles. The van der Waals surface area contributed by atoms with Crippen LogP contribution in [0.25, 0.3) is 5.70 Å². The largest absolute Gasteiger partial charge is 0.378 e. The number of aliphatic hydroxyl groups excluding tert-OH is 1. The van der Waals surface area contributed by atoms with E-state index in [4.69, 9.17) is 11.6 Å². The molecule has 2 unspecified atom stereocenters. The summed E-state index contributed by atoms with van der Waals surface area (Å²) in [5, 5.41) is 18.2. The molecule has 1 fully saturated rings. The molecule has 0 aromatic heterocycles. The Bertz CT molecular complexity index is 1250. The number of hydrogen-bond donors (Lipinski definition) is 3. The standard InChI is InChI=1S/C27H26ClFN4O2/c1-17-2-12-22(13-3-17)30-26-24(18-6-10-21(29)11-7-18)31-23-16-32(14-15-33(23)26)27(35)25(34)19-4-8-20(28)9-5-19/h2-13,23,25,30-31,34H,14-16H2,1H3. The summed E-state index contributed by atoms with van der Waals surface area (Å²) in [7, 11) is 0. The van der Waals surface area contributed by atoms with Gasteiger partial charge in [0.1, 0.15) is 17.8 Å². The molecule has 2 heterocycles. The van der Waals surface area contributed by atoms with E-state index < -0.39 is 6.10 Å². The number of piperazine rings is 1. The van der Waals surface area contributed by atoms with Gasteiger partial charge in [0.15, 0.2) is 6.10 Å². The van der Waals surface area contributed by atoms with Crippen molar-refractivity contribution in [1.29, 1.82) is 0 Å². The van der Waals surface area contributed by atoms with Crippen LogP contribution < -0.4 is 10.6 Å². The normalized spacial score (nSPS) is 18.2. The molecule has 6 nitrogen and oxygen atoms in total. The molecule has 2 aliphatic rings. The number of carbonyl (C=O) groups excluding carboxylic acids is 1. The van der Waals surface area contributed by atoms with Crippen molar-refractivity contribution in [2.24, 2.45) is 0 Å². The van der Waals surface area contributed by atoms with Crippen LogP contribution in [0.3, 0.4) is 0 Å². The molecule has 1 saturated heterocycles. The van der Waals surface area contributed by atoms with Gasteiger partial charge in [-0.1, -0.05) is 41.4 Å². The molecule has 8 heteroatoms. The van der Waals surface area contributed by atoms with Crippen LogP contribution in [0.15, 0.2) is 78.6 Å². The summed E-state index contributed by atoms with van der Waals surface area (Å²) in [4.78, 5) is 16.9. The summed E-state index contributed by atoms with van der Waals surface area (Å²) >= 11 is 5.94. The van der Waals surface area contributed by atoms with E-state index in [1.54, 1.807) is 41.3 Å². The van der Waals surface area contributed by atoms with Gasteiger partial charge in [0, 0.05) is 29.4 Å². The molecule has 0 saturated carbocycles. The number of amides is 1. The van der Waals surface area contributed by atoms with E-state index in [1.807, 2.05) is 31.2 Å². The van der Waals surface area contributed by atoms with E-state index in [-0.39, 0.29) is 17.9 Å². The number of carbonyl (C=O) groups is 1. The number of hydrogen-bond acceptors (Lipinski definition) is 5. The Balaban J connectivity index is 1.38. The average molecular weight is 493 g/mol. The van der Waals surface area contributed by atoms with Crippen molar-refractivity contribution in [1.82, 2.24) is 15.1 Å². The fraction of sp³-hybridized carbons (Fsp3) is 0.222. The minimum atomic E-state index is -1.25. The first-order valence-corrected chi connectivity index (χ1v) is 11.9. The van der Waals surface area contributed by atoms with E-state index >= 15 is 0 Å². The molecule has 5 rings (SSSR count). The molecule has 3 N–H and O–H groups in total. The topological polar surface area (TPSA) is 67.8 Å². The predicted molar refractivity (Wildman–Crippen MR) is 135 cm³/mol. The van der Waals surface area contributed by atoms with Gasteiger partial charge >= 0.3 is 0 Å². The summed E-state index contributed by atoms with van der Waals surface area (Å²) in [5.74, 6) is 0.221. The second-order valence-electron chi connectivity index (χ2n) is 8.81. The summed E-state index contributed by atoms with van der Waals surface area (Å²) in [5.41, 5.74) is 4.28. The van der Waals surface area contributed by atoms with Gasteiger partial charge in [-0.15, -0.1) is 0 Å². The SMILES string of the molecule is Cc1ccc(NC2=C(c3ccc(F)cc3)NC3CN(C(=O)C(O)c4ccc(Cl)cc4)CCN23)cc1. The van der Waals surface area contributed by atoms with Crippen molar-refractivity contribution in [2.45, 2.75) is 19.2 Å². The van der Waals surface area contributed by atoms with Gasteiger partial charge < -0.3 is 25.5 Å². The fourth-order valence-corrected chi connectivity index (χ4v) is 4.58. The third-order valence-electron chi connectivity index (χ3n) is 6.39. The predicted octanol–water partition coefficient (Wildman–Crippen LogP) is 4.33. The number of halogens is 2. The zero-order valence-corrected chi connectivity index (χ0v) is 20.0. The molecule has 2 atom stereocenters. The molecule has 2 aliphatic heterocycles. The fourth-order valence-electron chi connectivity index (χ4n) is 4.46. The van der Waals surface area contributed by atoms with Crippen molar-refractivity contribution in [2.75, 3.05) is 25.0 Å². The van der Waals surface area contributed by atoms with Crippen LogP contribution >= 0.6 is 11.6 Å². The van der Waals surface area contributed by atoms with Crippen LogP contribution in [0.1, 0.15) is 22.8 Å². The van der Waals surface area contributed by atoms with E-state index in [0.717, 1.165) is 28.3 Å². The van der Waals surface area contributed by atoms with E-state index in [2.05, 4.69) is 15.5 Å². The first kappa shape index (κ1) is 23.2. The maximum Gasteiger partial charge on any atom is 0.256 e. The number of benzene rings is 3. The third-order valence-corrected chi connectivity index (χ3v) is 6.65. The first-order valence-electron chi connectivity index (χ1n) is 11.5. The van der Waals surface area contributed by atoms with Crippen LogP contribution in [-0.4, -0.2) is 46.6 Å². The van der Waals surface area contributed by atoms with Crippen molar-refractivity contribution >= 4 is 28.9 Å². The maximum atomic E-state index is 13.6. The number of fused-ring (bicyclic) bond motifs is 1. The first-order chi connectivity index (χ1) is 16.9. The number of rotatable bonds is 5. The summed E-state index contributed by atoms with van der Waals surface area (Å²) in [6.07, 6.45) is -1.45. The molecule has 0 spiro atoms. The number of nitrogens with zero attached hydrogens (tertiary/aromatic N) is 2. The monoisotopic (exact) mass is 492 g/mol. The third kappa shape index (κ3) is 4.83. The van der Waals surface area contributed by atoms with Gasteiger partial charge in [0.2, 0.25) is 0 Å². The van der Waals surface area contributed by atoms with Gasteiger partial charge in [-0.25, -0.2) is 4.39 Å². The molecule has 180 valence electrons. The number of aliphatic hydroxyl groups is 1. The molecule has 35 heavy (non-hydrogen) atoms. The van der Waals surface area contributed by atoms with E-state index in [0.29, 0.717) is 30.2 Å². The van der Waals surface area contributed by atoms with Crippen LogP contribution in [0.5, 0.6) is 0 Å². The Morgan fingerprint density at radius 1 is 1.06 bits per heavy atom. The smallest absolute Gasteiger partial charge is 0.256 e. The van der Waals surface area contributed by atoms with Crippen molar-refractivity contribution in [3.8, 4) is 0 Å². The molecular formula is C27H26ClFN4O2. The molecule has 1 amide bonds. The van der Waals surface area contributed by atoms with Crippen LogP contribution in [0, 0.1) is 12.7 Å². The molecule has 3 aromatic carbocycles. The highest BCUT2D eigenvalue weighted by molar-refractivity contribution is 6.30. The number of nitrogens with one attached hydrogen (secondary N) is 2. The second-order valence-corrected chi connectivity index (χ2v) is 9.25. The lowest BCUT2D eigenvalue weighted by molar-refractivity contribution is -0.143. The summed E-state index contributed by atoms with van der Waals surface area (Å²) in [6.45, 7) is 3.44. The Kier molecular flexibility index (Phi) is 6.36. The lowest BCUT2D eigenvalue weighted by Gasteiger charge is -2.40. The van der Waals surface area contributed by atoms with Gasteiger partial charge in [0.25, 0.3) is 5.91 Å². The second kappa shape index (κ2) is 9.60. The minimum absolute atomic E-state index is 0.196. The Labute approximate surface area is 208 Å². The number of anilines is 1. The Morgan fingerprint density at radius 2 is 1.74 bits per heavy atom. The highest BCUT2D eigenvalue weighted by Gasteiger charge is 2.39. The lowest BCUT2D eigenvalue weighted by atomic mass is 10.1. The summed E-state index contributed by atoms with van der Waals surface area (Å²) in [6, 6.07) is 21.1. The highest BCUT2D eigenvalue weighted by atomic mass is 35.5. The van der Waals surface area contributed by atoms with Crippen LogP contribution in [-0.2, 0) is 4.79 Å². The molecule has 0 radical (unpaired) electrons. The lowest BCUT2D eigenvalue weighted by Crippen LogP contribution is -2.57. The Hall–Kier alpha value is -3.55. The number of aryl methyl sites for hydroxylation is 1. The van der Waals surface area contributed by atoms with E-state index in [1.165, 1.54) is 12.1 Å². The highest BCUT2D eigenvalue weighted by Crippen LogP contribution is 2.32. The average Bonchev–Trinajstić information content (AvgIpc) is 3.23. The molecule has 3 aromatic rings. The zero-order chi connectivity index (χ0) is 24.5. The Morgan fingerprint density at radius 3 is 2.43 bits per heavy atom.